The number of benzene rings is 1. The van der Waals surface area contributed by atoms with Crippen molar-refractivity contribution in [1.82, 2.24) is 15.1 Å². The summed E-state index contributed by atoms with van der Waals surface area (Å²) in [4.78, 5) is 22.7. The highest BCUT2D eigenvalue weighted by molar-refractivity contribution is 5.82. The Bertz CT molecular complexity index is 802. The van der Waals surface area contributed by atoms with Gasteiger partial charge in [0.05, 0.1) is 18.8 Å². The van der Waals surface area contributed by atoms with Crippen molar-refractivity contribution in [3.63, 3.8) is 0 Å². The Hall–Kier alpha value is -2.70. The van der Waals surface area contributed by atoms with Gasteiger partial charge in [-0.25, -0.2) is 0 Å². The fourth-order valence-electron chi connectivity index (χ4n) is 3.64. The van der Waals surface area contributed by atoms with Crippen molar-refractivity contribution in [1.29, 1.82) is 0 Å². The molecule has 130 valence electrons. The molecule has 1 saturated carbocycles. The first-order valence-electron chi connectivity index (χ1n) is 8.66. The summed E-state index contributed by atoms with van der Waals surface area (Å²) < 4.78 is 2.00. The van der Waals surface area contributed by atoms with Crippen molar-refractivity contribution >= 4 is 5.91 Å². The van der Waals surface area contributed by atoms with Crippen molar-refractivity contribution in [2.45, 2.75) is 44.3 Å². The molecular formula is C18H20N4O3. The van der Waals surface area contributed by atoms with Gasteiger partial charge in [0.25, 0.3) is 0 Å². The maximum atomic E-state index is 12.3. The first-order valence-corrected chi connectivity index (χ1v) is 8.66. The Morgan fingerprint density at radius 2 is 2.16 bits per heavy atom. The highest BCUT2D eigenvalue weighted by Gasteiger charge is 2.53. The van der Waals surface area contributed by atoms with E-state index in [9.17, 15) is 14.9 Å². The number of amides is 1. The second-order valence-corrected chi connectivity index (χ2v) is 6.84. The van der Waals surface area contributed by atoms with Gasteiger partial charge in [-0.2, -0.15) is 5.10 Å². The van der Waals surface area contributed by atoms with Gasteiger partial charge in [0, 0.05) is 22.6 Å². The molecule has 1 fully saturated rings. The van der Waals surface area contributed by atoms with Crippen LogP contribution in [-0.2, 0) is 17.8 Å². The average molecular weight is 340 g/mol. The van der Waals surface area contributed by atoms with Gasteiger partial charge >= 0.3 is 0 Å². The Balaban J connectivity index is 1.47. The van der Waals surface area contributed by atoms with Crippen LogP contribution >= 0.6 is 0 Å². The molecule has 1 heterocycles. The minimum absolute atomic E-state index is 0.0891. The van der Waals surface area contributed by atoms with Gasteiger partial charge in [0.1, 0.15) is 5.92 Å². The summed E-state index contributed by atoms with van der Waals surface area (Å²) in [6.07, 6.45) is 4.95. The van der Waals surface area contributed by atoms with Crippen LogP contribution in [0.15, 0.2) is 36.5 Å². The number of aromatic nitrogens is 2. The second kappa shape index (κ2) is 6.31. The van der Waals surface area contributed by atoms with E-state index in [-0.39, 0.29) is 16.9 Å². The van der Waals surface area contributed by atoms with E-state index in [1.54, 1.807) is 0 Å². The Morgan fingerprint density at radius 3 is 2.88 bits per heavy atom. The van der Waals surface area contributed by atoms with E-state index in [0.29, 0.717) is 13.0 Å². The number of hydrogen-bond acceptors (Lipinski definition) is 4. The molecule has 0 aliphatic heterocycles. The normalized spacial score (nSPS) is 24.4. The van der Waals surface area contributed by atoms with Crippen LogP contribution in [0.5, 0.6) is 0 Å². The number of hydrogen-bond donors (Lipinski definition) is 1. The lowest BCUT2D eigenvalue weighted by Gasteiger charge is -2.24. The zero-order valence-electron chi connectivity index (χ0n) is 13.8. The predicted octanol–water partition coefficient (Wildman–Crippen LogP) is 2.09. The van der Waals surface area contributed by atoms with Gasteiger partial charge in [0.15, 0.2) is 0 Å². The highest BCUT2D eigenvalue weighted by atomic mass is 16.6. The van der Waals surface area contributed by atoms with Gasteiger partial charge in [-0.1, -0.05) is 30.3 Å². The highest BCUT2D eigenvalue weighted by Crippen LogP contribution is 2.35. The third kappa shape index (κ3) is 3.14. The molecule has 2 aromatic rings. The number of nitro groups is 1. The van der Waals surface area contributed by atoms with E-state index in [2.05, 4.69) is 22.5 Å². The third-order valence-corrected chi connectivity index (χ3v) is 5.12. The fraction of sp³-hybridized carbons (Fsp3) is 0.444. The molecule has 4 rings (SSSR count). The van der Waals surface area contributed by atoms with E-state index in [0.717, 1.165) is 30.5 Å². The molecule has 2 aliphatic carbocycles. The standard InChI is InChI=1S/C18H20N4O3/c23-18(13-9-17(13)22(24)25)20-15-7-4-8-16-14(15)10-19-21(16)11-12-5-2-1-3-6-12/h1-3,5-6,10,13,15,17H,4,7-9,11H2,(H,20,23)/t13-,15-,17+/m1/s1. The quantitative estimate of drug-likeness (QED) is 0.666. The summed E-state index contributed by atoms with van der Waals surface area (Å²) in [5.41, 5.74) is 3.39. The van der Waals surface area contributed by atoms with Gasteiger partial charge in [-0.05, 0) is 24.8 Å². The van der Waals surface area contributed by atoms with Gasteiger partial charge in [0.2, 0.25) is 11.9 Å². The van der Waals surface area contributed by atoms with Gasteiger partial charge in [-0.15, -0.1) is 0 Å². The number of nitrogens with zero attached hydrogens (tertiary/aromatic N) is 3. The summed E-state index contributed by atoms with van der Waals surface area (Å²) in [5.74, 6) is -0.671. The van der Waals surface area contributed by atoms with Crippen LogP contribution in [0.3, 0.4) is 0 Å². The maximum absolute atomic E-state index is 12.3. The molecule has 7 heteroatoms. The van der Waals surface area contributed by atoms with Crippen molar-refractivity contribution in [3.05, 3.63) is 63.5 Å². The molecule has 3 atom stereocenters. The monoisotopic (exact) mass is 340 g/mol. The summed E-state index contributed by atoms with van der Waals surface area (Å²) in [6, 6.07) is 9.36. The van der Waals surface area contributed by atoms with E-state index in [1.165, 1.54) is 5.56 Å². The zero-order chi connectivity index (χ0) is 17.4. The maximum Gasteiger partial charge on any atom is 0.230 e. The van der Waals surface area contributed by atoms with Crippen molar-refractivity contribution in [3.8, 4) is 0 Å². The molecule has 1 amide bonds. The number of nitrogens with one attached hydrogen (secondary N) is 1. The molecule has 0 radical (unpaired) electrons. The molecule has 0 bridgehead atoms. The van der Waals surface area contributed by atoms with Crippen LogP contribution < -0.4 is 5.32 Å². The molecule has 2 aliphatic rings. The van der Waals surface area contributed by atoms with Crippen molar-refractivity contribution < 1.29 is 9.72 Å². The molecule has 1 aromatic heterocycles. The Morgan fingerprint density at radius 1 is 1.36 bits per heavy atom. The number of carbonyl (C=O) groups is 1. The summed E-state index contributed by atoms with van der Waals surface area (Å²) in [5, 5.41) is 18.3. The predicted molar refractivity (Wildman–Crippen MR) is 90.5 cm³/mol. The Kier molecular flexibility index (Phi) is 3.99. The lowest BCUT2D eigenvalue weighted by Crippen LogP contribution is -2.33. The van der Waals surface area contributed by atoms with Crippen molar-refractivity contribution in [2.24, 2.45) is 5.92 Å². The van der Waals surface area contributed by atoms with E-state index in [4.69, 9.17) is 0 Å². The minimum atomic E-state index is -0.705. The molecule has 0 unspecified atom stereocenters. The van der Waals surface area contributed by atoms with Crippen LogP contribution in [0.2, 0.25) is 0 Å². The molecule has 25 heavy (non-hydrogen) atoms. The largest absolute Gasteiger partial charge is 0.349 e. The summed E-state index contributed by atoms with van der Waals surface area (Å²) in [7, 11) is 0. The first kappa shape index (κ1) is 15.8. The van der Waals surface area contributed by atoms with E-state index >= 15 is 0 Å². The Labute approximate surface area is 145 Å². The topological polar surface area (TPSA) is 90.1 Å². The van der Waals surface area contributed by atoms with Gasteiger partial charge in [-0.3, -0.25) is 19.6 Å². The van der Waals surface area contributed by atoms with Crippen LogP contribution in [-0.4, -0.2) is 26.7 Å². The van der Waals surface area contributed by atoms with Crippen LogP contribution in [0, 0.1) is 16.0 Å². The SMILES string of the molecule is O=C(N[C@@H]1CCCc2c1cnn2Cc1ccccc1)[C@@H]1C[C@@H]1[N+](=O)[O-]. The average Bonchev–Trinajstić information content (AvgIpc) is 3.33. The molecule has 1 N–H and O–H groups in total. The van der Waals surface area contributed by atoms with Crippen LogP contribution in [0.1, 0.15) is 42.1 Å². The number of rotatable bonds is 5. The van der Waals surface area contributed by atoms with E-state index in [1.807, 2.05) is 29.1 Å². The number of fused-ring (bicyclic) bond motifs is 1. The fourth-order valence-corrected chi connectivity index (χ4v) is 3.64. The second-order valence-electron chi connectivity index (χ2n) is 6.84. The number of carbonyl (C=O) groups excluding carboxylic acids is 1. The van der Waals surface area contributed by atoms with Crippen LogP contribution in [0.4, 0.5) is 0 Å². The third-order valence-electron chi connectivity index (χ3n) is 5.12. The van der Waals surface area contributed by atoms with E-state index < -0.39 is 12.0 Å². The first-order chi connectivity index (χ1) is 12.1. The van der Waals surface area contributed by atoms with Crippen molar-refractivity contribution in [2.75, 3.05) is 0 Å². The lowest BCUT2D eigenvalue weighted by molar-refractivity contribution is -0.497. The zero-order valence-corrected chi connectivity index (χ0v) is 13.8. The molecule has 0 saturated heterocycles. The van der Waals surface area contributed by atoms with Gasteiger partial charge < -0.3 is 5.32 Å². The molecular weight excluding hydrogens is 320 g/mol. The summed E-state index contributed by atoms with van der Waals surface area (Å²) >= 11 is 0. The molecule has 0 spiro atoms. The lowest BCUT2D eigenvalue weighted by atomic mass is 9.92. The minimum Gasteiger partial charge on any atom is -0.349 e. The molecule has 7 nitrogen and oxygen atoms in total. The molecule has 1 aromatic carbocycles. The van der Waals surface area contributed by atoms with Crippen LogP contribution in [0.25, 0.3) is 0 Å². The summed E-state index contributed by atoms with van der Waals surface area (Å²) in [6.45, 7) is 0.711. The smallest absolute Gasteiger partial charge is 0.230 e.